The van der Waals surface area contributed by atoms with Crippen molar-refractivity contribution in [2.45, 2.75) is 25.7 Å². The Bertz CT molecular complexity index is 1830. The van der Waals surface area contributed by atoms with Crippen molar-refractivity contribution in [1.82, 2.24) is 15.0 Å². The molecule has 5 rings (SSSR count). The van der Waals surface area contributed by atoms with Gasteiger partial charge in [-0.2, -0.15) is 23.4 Å². The molecule has 0 unspecified atom stereocenters. The fraction of sp³-hybridized carbons (Fsp3) is 0.207. The highest BCUT2D eigenvalue weighted by atomic mass is 32.2. The number of nitrogen functional groups attached to an aromatic ring is 1. The average molecular weight is 588 g/mol. The van der Waals surface area contributed by atoms with E-state index >= 15 is 0 Å². The molecular weight excluding hydrogens is 558 g/mol. The van der Waals surface area contributed by atoms with Gasteiger partial charge in [0, 0.05) is 35.6 Å². The van der Waals surface area contributed by atoms with Crippen molar-refractivity contribution in [3.63, 3.8) is 0 Å². The number of nitrogens with one attached hydrogen (secondary N) is 3. The number of nitrogens with zero attached hydrogens (tertiary/aromatic N) is 3. The molecule has 216 valence electrons. The zero-order valence-electron chi connectivity index (χ0n) is 23.1. The molecule has 1 aliphatic rings. The maximum Gasteiger partial charge on any atom is 0.296 e. The Hall–Kier alpha value is -4.88. The Labute approximate surface area is 242 Å². The topological polar surface area (TPSA) is 189 Å². The number of benzene rings is 3. The number of rotatable bonds is 9. The molecule has 0 saturated carbocycles. The summed E-state index contributed by atoms with van der Waals surface area (Å²) in [5.41, 5.74) is 5.96. The Kier molecular flexibility index (Phi) is 7.39. The van der Waals surface area contributed by atoms with Crippen LogP contribution in [-0.4, -0.2) is 52.6 Å². The molecule has 0 saturated heterocycles. The molecule has 13 heteroatoms. The molecule has 0 aliphatic heterocycles. The minimum atomic E-state index is -4.81. The molecule has 0 spiro atoms. The van der Waals surface area contributed by atoms with Crippen LogP contribution in [0, 0.1) is 12.3 Å². The smallest absolute Gasteiger partial charge is 0.296 e. The Morgan fingerprint density at radius 2 is 1.40 bits per heavy atom. The van der Waals surface area contributed by atoms with E-state index in [0.29, 0.717) is 24.3 Å². The molecule has 0 atom stereocenters. The summed E-state index contributed by atoms with van der Waals surface area (Å²) in [6, 6.07) is 16.8. The van der Waals surface area contributed by atoms with Gasteiger partial charge in [-0.05, 0) is 30.5 Å². The summed E-state index contributed by atoms with van der Waals surface area (Å²) in [4.78, 5) is 39.4. The van der Waals surface area contributed by atoms with Gasteiger partial charge in [0.25, 0.3) is 10.1 Å². The molecule has 1 aliphatic carbocycles. The minimum absolute atomic E-state index is 0.0444. The normalized spacial score (nSPS) is 12.9. The highest BCUT2D eigenvalue weighted by molar-refractivity contribution is 7.86. The van der Waals surface area contributed by atoms with Gasteiger partial charge in [0.15, 0.2) is 11.6 Å². The number of carbonyl (C=O) groups is 2. The van der Waals surface area contributed by atoms with Crippen molar-refractivity contribution in [3.8, 4) is 0 Å². The van der Waals surface area contributed by atoms with E-state index in [1.807, 2.05) is 44.2 Å². The van der Waals surface area contributed by atoms with E-state index in [0.717, 1.165) is 11.8 Å². The second kappa shape index (κ2) is 10.8. The quantitative estimate of drug-likeness (QED) is 0.123. The van der Waals surface area contributed by atoms with Gasteiger partial charge in [-0.1, -0.05) is 56.3 Å². The summed E-state index contributed by atoms with van der Waals surface area (Å²) in [5, 5.41) is 9.46. The summed E-state index contributed by atoms with van der Waals surface area (Å²) in [6.45, 7) is 6.21. The molecule has 3 aromatic carbocycles. The maximum atomic E-state index is 13.5. The molecule has 1 heterocycles. The monoisotopic (exact) mass is 587 g/mol. The molecule has 4 aromatic rings. The summed E-state index contributed by atoms with van der Waals surface area (Å²) >= 11 is 0. The highest BCUT2D eigenvalue weighted by Crippen LogP contribution is 2.39. The van der Waals surface area contributed by atoms with Crippen LogP contribution >= 0.6 is 0 Å². The van der Waals surface area contributed by atoms with Crippen LogP contribution in [0.4, 0.5) is 29.0 Å². The molecular formula is C29H29N7O5S. The van der Waals surface area contributed by atoms with Crippen LogP contribution in [0.3, 0.4) is 0 Å². The second-order valence-corrected chi connectivity index (χ2v) is 12.0. The van der Waals surface area contributed by atoms with E-state index in [-0.39, 0.29) is 34.5 Å². The Morgan fingerprint density at radius 1 is 0.833 bits per heavy atom. The van der Waals surface area contributed by atoms with Gasteiger partial charge in [-0.15, -0.1) is 0 Å². The van der Waals surface area contributed by atoms with E-state index in [9.17, 15) is 22.6 Å². The lowest BCUT2D eigenvalue weighted by Crippen LogP contribution is -2.33. The molecule has 42 heavy (non-hydrogen) atoms. The van der Waals surface area contributed by atoms with Gasteiger partial charge in [0.2, 0.25) is 11.9 Å². The van der Waals surface area contributed by atoms with Crippen LogP contribution in [0.25, 0.3) is 0 Å². The summed E-state index contributed by atoms with van der Waals surface area (Å²) < 4.78 is 34.2. The number of aromatic nitrogens is 3. The Morgan fingerprint density at radius 3 is 2.05 bits per heavy atom. The van der Waals surface area contributed by atoms with Crippen molar-refractivity contribution in [3.05, 3.63) is 88.7 Å². The first kappa shape index (κ1) is 28.6. The minimum Gasteiger partial charge on any atom is -0.397 e. The van der Waals surface area contributed by atoms with Gasteiger partial charge in [-0.25, -0.2) is 0 Å². The lowest BCUT2D eigenvalue weighted by Gasteiger charge is -2.28. The van der Waals surface area contributed by atoms with Gasteiger partial charge in [0.1, 0.15) is 10.7 Å². The van der Waals surface area contributed by atoms with Crippen molar-refractivity contribution in [2.75, 3.05) is 34.8 Å². The largest absolute Gasteiger partial charge is 0.397 e. The van der Waals surface area contributed by atoms with Crippen LogP contribution < -0.4 is 21.7 Å². The zero-order valence-corrected chi connectivity index (χ0v) is 23.9. The number of carbonyl (C=O) groups excluding carboxylic acids is 2. The number of aryl methyl sites for hydroxylation is 1. The maximum absolute atomic E-state index is 13.5. The fourth-order valence-electron chi connectivity index (χ4n) is 4.63. The van der Waals surface area contributed by atoms with Crippen molar-refractivity contribution >= 4 is 50.6 Å². The highest BCUT2D eigenvalue weighted by Gasteiger charge is 2.36. The summed E-state index contributed by atoms with van der Waals surface area (Å²) in [7, 11) is -4.81. The van der Waals surface area contributed by atoms with Crippen LogP contribution in [0.5, 0.6) is 0 Å². The summed E-state index contributed by atoms with van der Waals surface area (Å²) in [6.07, 6.45) is 0. The first-order valence-electron chi connectivity index (χ1n) is 13.0. The molecule has 0 radical (unpaired) electrons. The van der Waals surface area contributed by atoms with Crippen molar-refractivity contribution in [1.29, 1.82) is 0 Å². The molecule has 1 aromatic heterocycles. The second-order valence-electron chi connectivity index (χ2n) is 10.7. The van der Waals surface area contributed by atoms with Gasteiger partial charge < -0.3 is 21.7 Å². The molecule has 0 fully saturated rings. The van der Waals surface area contributed by atoms with E-state index in [1.165, 1.54) is 12.1 Å². The third-order valence-corrected chi connectivity index (χ3v) is 7.63. The lowest BCUT2D eigenvalue weighted by atomic mass is 9.82. The molecule has 6 N–H and O–H groups in total. The predicted molar refractivity (Wildman–Crippen MR) is 159 cm³/mol. The van der Waals surface area contributed by atoms with E-state index in [2.05, 4.69) is 30.9 Å². The number of nitrogens with two attached hydrogens (primary N) is 1. The molecule has 0 bridgehead atoms. The van der Waals surface area contributed by atoms with Crippen LogP contribution in [0.15, 0.2) is 65.6 Å². The van der Waals surface area contributed by atoms with E-state index in [1.54, 1.807) is 19.1 Å². The number of hydrogen-bond donors (Lipinski definition) is 5. The fourth-order valence-corrected chi connectivity index (χ4v) is 5.28. The standard InChI is InChI=1S/C29H29N7O5S/c1-16-33-27(36-28(34-16)35-17-9-5-4-6-10-17)32-15-29(2,3)14-31-20-13-21(42(39,40)41)24(30)23-22(20)25(37)18-11-7-8-12-19(18)26(23)38/h4-13,31H,14-15,30H2,1-3H3,(H,39,40,41)(H2,32,33,34,35,36). The summed E-state index contributed by atoms with van der Waals surface area (Å²) in [5.74, 6) is 0.159. The SMILES string of the molecule is Cc1nc(NCC(C)(C)CNc2cc(S(=O)(=O)O)c(N)c3c2C(=O)c2ccccc2C3=O)nc(Nc2ccccc2)n1. The molecule has 0 amide bonds. The van der Waals surface area contributed by atoms with Crippen LogP contribution in [0.1, 0.15) is 51.5 Å². The molecule has 12 nitrogen and oxygen atoms in total. The number of hydrogen-bond acceptors (Lipinski definition) is 11. The van der Waals surface area contributed by atoms with Gasteiger partial charge in [-0.3, -0.25) is 14.1 Å². The van der Waals surface area contributed by atoms with Crippen LogP contribution in [0.2, 0.25) is 0 Å². The third kappa shape index (κ3) is 5.78. The Balaban J connectivity index is 1.39. The van der Waals surface area contributed by atoms with E-state index < -0.39 is 37.7 Å². The van der Waals surface area contributed by atoms with E-state index in [4.69, 9.17) is 5.73 Å². The first-order valence-corrected chi connectivity index (χ1v) is 14.4. The van der Waals surface area contributed by atoms with Crippen LogP contribution in [-0.2, 0) is 10.1 Å². The average Bonchev–Trinajstić information content (AvgIpc) is 2.94. The number of ketones is 2. The number of anilines is 5. The number of para-hydroxylation sites is 1. The van der Waals surface area contributed by atoms with Gasteiger partial charge in [0.05, 0.1) is 16.8 Å². The first-order chi connectivity index (χ1) is 19.8. The van der Waals surface area contributed by atoms with Crippen molar-refractivity contribution in [2.24, 2.45) is 5.41 Å². The zero-order chi connectivity index (χ0) is 30.2. The van der Waals surface area contributed by atoms with Crippen molar-refractivity contribution < 1.29 is 22.6 Å². The van der Waals surface area contributed by atoms with Gasteiger partial charge >= 0.3 is 0 Å². The number of fused-ring (bicyclic) bond motifs is 2. The third-order valence-electron chi connectivity index (χ3n) is 6.74. The lowest BCUT2D eigenvalue weighted by molar-refractivity contribution is 0.0980. The predicted octanol–water partition coefficient (Wildman–Crippen LogP) is 4.08.